The molecule has 5 heteroatoms. The quantitative estimate of drug-likeness (QED) is 0.450. The molecule has 1 heterocycles. The van der Waals surface area contributed by atoms with Gasteiger partial charge in [0.05, 0.1) is 0 Å². The number of rotatable bonds is 4. The monoisotopic (exact) mass is 184 g/mol. The molecule has 2 N–H and O–H groups in total. The number of hydrogen-bond donors (Lipinski definition) is 1. The molecule has 0 bridgehead atoms. The summed E-state index contributed by atoms with van der Waals surface area (Å²) in [5, 5.41) is 2.48. The van der Waals surface area contributed by atoms with E-state index in [1.807, 2.05) is 0 Å². The summed E-state index contributed by atoms with van der Waals surface area (Å²) < 4.78 is 0. The van der Waals surface area contributed by atoms with Gasteiger partial charge in [-0.05, 0) is 12.8 Å². The van der Waals surface area contributed by atoms with Crippen LogP contribution < -0.4 is 11.1 Å². The zero-order valence-corrected chi connectivity index (χ0v) is 7.51. The molecule has 1 fully saturated rings. The fourth-order valence-corrected chi connectivity index (χ4v) is 1.27. The third kappa shape index (κ3) is 2.69. The standard InChI is InChI=1S/C8H14N3O2/c9-3-1-2-5-11-6-4-10-7(12)8(11)13/h9H,1-6H2,(H,10,12). The van der Waals surface area contributed by atoms with Crippen LogP contribution in [0.4, 0.5) is 0 Å². The molecule has 2 amide bonds. The molecule has 0 unspecified atom stereocenters. The van der Waals surface area contributed by atoms with Gasteiger partial charge < -0.3 is 10.2 Å². The summed E-state index contributed by atoms with van der Waals surface area (Å²) in [6.45, 7) is 2.13. The van der Waals surface area contributed by atoms with Gasteiger partial charge in [-0.15, -0.1) is 0 Å². The predicted molar refractivity (Wildman–Crippen MR) is 46.8 cm³/mol. The normalized spacial score (nSPS) is 17.5. The first kappa shape index (κ1) is 9.98. The van der Waals surface area contributed by atoms with E-state index in [4.69, 9.17) is 5.73 Å². The first-order valence-corrected chi connectivity index (χ1v) is 4.47. The molecule has 13 heavy (non-hydrogen) atoms. The van der Waals surface area contributed by atoms with E-state index in [2.05, 4.69) is 5.32 Å². The summed E-state index contributed by atoms with van der Waals surface area (Å²) in [5.74, 6) is -0.937. The number of unbranched alkanes of at least 4 members (excludes halogenated alkanes) is 1. The van der Waals surface area contributed by atoms with Crippen LogP contribution in [-0.2, 0) is 9.59 Å². The van der Waals surface area contributed by atoms with Crippen molar-refractivity contribution in [1.29, 1.82) is 0 Å². The predicted octanol–water partition coefficient (Wildman–Crippen LogP) is -0.992. The number of carbonyl (C=O) groups excluding carboxylic acids is 2. The minimum atomic E-state index is -0.503. The zero-order chi connectivity index (χ0) is 9.68. The Morgan fingerprint density at radius 2 is 2.15 bits per heavy atom. The second-order valence-electron chi connectivity index (χ2n) is 3.01. The molecule has 73 valence electrons. The summed E-state index contributed by atoms with van der Waals surface area (Å²) in [6.07, 6.45) is 1.59. The molecular formula is C8H14N3O2. The van der Waals surface area contributed by atoms with Crippen LogP contribution in [0.5, 0.6) is 0 Å². The Balaban J connectivity index is 2.31. The summed E-state index contributed by atoms with van der Waals surface area (Å²) in [6, 6.07) is 0. The second-order valence-corrected chi connectivity index (χ2v) is 3.01. The smallest absolute Gasteiger partial charge is 0.311 e. The van der Waals surface area contributed by atoms with Gasteiger partial charge in [0.2, 0.25) is 0 Å². The van der Waals surface area contributed by atoms with E-state index in [1.54, 1.807) is 4.90 Å². The van der Waals surface area contributed by atoms with Crippen LogP contribution in [0.1, 0.15) is 12.8 Å². The third-order valence-corrected chi connectivity index (χ3v) is 2.00. The molecular weight excluding hydrogens is 170 g/mol. The molecule has 0 spiro atoms. The molecule has 0 aliphatic carbocycles. The fourth-order valence-electron chi connectivity index (χ4n) is 1.27. The van der Waals surface area contributed by atoms with E-state index in [9.17, 15) is 9.59 Å². The lowest BCUT2D eigenvalue weighted by atomic mass is 10.2. The Hall–Kier alpha value is -1.10. The van der Waals surface area contributed by atoms with Crippen LogP contribution in [-0.4, -0.2) is 42.9 Å². The summed E-state index contributed by atoms with van der Waals surface area (Å²) in [7, 11) is 0. The minimum absolute atomic E-state index is 0.383. The molecule has 0 atom stereocenters. The van der Waals surface area contributed by atoms with Gasteiger partial charge in [0.1, 0.15) is 0 Å². The van der Waals surface area contributed by atoms with Gasteiger partial charge in [-0.25, -0.2) is 0 Å². The molecule has 0 aromatic heterocycles. The summed E-state index contributed by atoms with van der Waals surface area (Å²) >= 11 is 0. The van der Waals surface area contributed by atoms with Crippen molar-refractivity contribution in [2.45, 2.75) is 12.8 Å². The highest BCUT2D eigenvalue weighted by atomic mass is 16.2. The number of hydrogen-bond acceptors (Lipinski definition) is 2. The van der Waals surface area contributed by atoms with Crippen molar-refractivity contribution in [3.05, 3.63) is 0 Å². The third-order valence-electron chi connectivity index (χ3n) is 2.00. The summed E-state index contributed by atoms with van der Waals surface area (Å²) in [5.41, 5.74) is 6.93. The number of nitrogens with zero attached hydrogens (tertiary/aromatic N) is 1. The average molecular weight is 184 g/mol. The SMILES string of the molecule is [NH]CCCCN1CCNC(=O)C1=O. The van der Waals surface area contributed by atoms with Crippen molar-refractivity contribution in [3.63, 3.8) is 0 Å². The van der Waals surface area contributed by atoms with Gasteiger partial charge in [-0.2, -0.15) is 0 Å². The molecule has 0 aromatic carbocycles. The van der Waals surface area contributed by atoms with Crippen molar-refractivity contribution < 1.29 is 9.59 Å². The van der Waals surface area contributed by atoms with Crippen LogP contribution in [0.2, 0.25) is 0 Å². The van der Waals surface area contributed by atoms with Gasteiger partial charge in [0, 0.05) is 26.2 Å². The Morgan fingerprint density at radius 1 is 1.38 bits per heavy atom. The van der Waals surface area contributed by atoms with Crippen LogP contribution in [0.25, 0.3) is 0 Å². The first-order chi connectivity index (χ1) is 6.25. The lowest BCUT2D eigenvalue weighted by Crippen LogP contribution is -2.52. The molecule has 0 saturated carbocycles. The molecule has 5 nitrogen and oxygen atoms in total. The lowest BCUT2D eigenvalue weighted by molar-refractivity contribution is -0.148. The van der Waals surface area contributed by atoms with E-state index in [-0.39, 0.29) is 0 Å². The highest BCUT2D eigenvalue weighted by molar-refractivity contribution is 6.35. The lowest BCUT2D eigenvalue weighted by Gasteiger charge is -2.26. The molecule has 1 radical (unpaired) electrons. The molecule has 0 aromatic rings. The Bertz CT molecular complexity index is 206. The van der Waals surface area contributed by atoms with E-state index < -0.39 is 11.8 Å². The van der Waals surface area contributed by atoms with Gasteiger partial charge in [-0.1, -0.05) is 0 Å². The Morgan fingerprint density at radius 3 is 2.85 bits per heavy atom. The van der Waals surface area contributed by atoms with Crippen LogP contribution in [0, 0.1) is 0 Å². The Kier molecular flexibility index (Phi) is 3.70. The van der Waals surface area contributed by atoms with E-state index >= 15 is 0 Å². The average Bonchev–Trinajstić information content (AvgIpc) is 2.13. The van der Waals surface area contributed by atoms with Gasteiger partial charge in [0.15, 0.2) is 0 Å². The van der Waals surface area contributed by atoms with Crippen molar-refractivity contribution in [2.75, 3.05) is 26.2 Å². The number of amides is 2. The van der Waals surface area contributed by atoms with Crippen LogP contribution in [0.3, 0.4) is 0 Å². The molecule has 1 saturated heterocycles. The topological polar surface area (TPSA) is 73.2 Å². The second kappa shape index (κ2) is 4.81. The molecule has 1 rings (SSSR count). The minimum Gasteiger partial charge on any atom is -0.346 e. The molecule has 1 aliphatic rings. The van der Waals surface area contributed by atoms with E-state index in [0.717, 1.165) is 12.8 Å². The maximum Gasteiger partial charge on any atom is 0.311 e. The zero-order valence-electron chi connectivity index (χ0n) is 7.51. The van der Waals surface area contributed by atoms with Gasteiger partial charge >= 0.3 is 11.8 Å². The number of nitrogens with one attached hydrogen (secondary N) is 2. The Labute approximate surface area is 77.3 Å². The highest BCUT2D eigenvalue weighted by Gasteiger charge is 2.24. The van der Waals surface area contributed by atoms with Crippen molar-refractivity contribution >= 4 is 11.8 Å². The molecule has 1 aliphatic heterocycles. The van der Waals surface area contributed by atoms with E-state index in [1.165, 1.54) is 0 Å². The van der Waals surface area contributed by atoms with Crippen molar-refractivity contribution in [1.82, 2.24) is 16.0 Å². The maximum absolute atomic E-state index is 11.2. The number of piperazine rings is 1. The maximum atomic E-state index is 11.2. The fraction of sp³-hybridized carbons (Fsp3) is 0.750. The largest absolute Gasteiger partial charge is 0.346 e. The highest BCUT2D eigenvalue weighted by Crippen LogP contribution is 1.98. The van der Waals surface area contributed by atoms with Gasteiger partial charge in [-0.3, -0.25) is 15.3 Å². The van der Waals surface area contributed by atoms with Gasteiger partial charge in [0.25, 0.3) is 0 Å². The summed E-state index contributed by atoms with van der Waals surface area (Å²) in [4.78, 5) is 23.6. The van der Waals surface area contributed by atoms with Crippen molar-refractivity contribution in [3.8, 4) is 0 Å². The number of carbonyl (C=O) groups is 2. The van der Waals surface area contributed by atoms with Crippen LogP contribution in [0.15, 0.2) is 0 Å². The van der Waals surface area contributed by atoms with E-state index in [0.29, 0.717) is 26.2 Å². The first-order valence-electron chi connectivity index (χ1n) is 4.47. The van der Waals surface area contributed by atoms with Crippen LogP contribution >= 0.6 is 0 Å². The van der Waals surface area contributed by atoms with Crippen molar-refractivity contribution in [2.24, 2.45) is 0 Å².